The van der Waals surface area contributed by atoms with Gasteiger partial charge in [-0.05, 0) is 24.0 Å². The molecule has 1 atom stereocenters. The summed E-state index contributed by atoms with van der Waals surface area (Å²) in [4.78, 5) is 16.6. The molecule has 0 radical (unpaired) electrons. The van der Waals surface area contributed by atoms with Gasteiger partial charge in [-0.1, -0.05) is 39.0 Å². The lowest BCUT2D eigenvalue weighted by Crippen LogP contribution is -2.31. The van der Waals surface area contributed by atoms with E-state index in [1.54, 1.807) is 12.3 Å². The molecule has 0 fully saturated rings. The van der Waals surface area contributed by atoms with Crippen molar-refractivity contribution in [3.8, 4) is 0 Å². The van der Waals surface area contributed by atoms with Crippen molar-refractivity contribution in [2.45, 2.75) is 32.6 Å². The van der Waals surface area contributed by atoms with E-state index in [2.05, 4.69) is 31.1 Å². The molecule has 3 nitrogen and oxygen atoms in total. The van der Waals surface area contributed by atoms with Gasteiger partial charge >= 0.3 is 0 Å². The van der Waals surface area contributed by atoms with Gasteiger partial charge in [0.15, 0.2) is 0 Å². The molecule has 0 saturated carbocycles. The molecule has 1 unspecified atom stereocenters. The fourth-order valence-corrected chi connectivity index (χ4v) is 2.86. The van der Waals surface area contributed by atoms with Crippen LogP contribution in [0.3, 0.4) is 0 Å². The van der Waals surface area contributed by atoms with Crippen LogP contribution < -0.4 is 5.32 Å². The normalized spacial score (nSPS) is 13.1. The standard InChI is InChI=1S/C17H21ClN2O/c1-17(2,3)10-13(18)11-20-16(21)14-8-4-6-12-7-5-9-19-15(12)14/h4-9,13H,10-11H2,1-3H3,(H,20,21). The van der Waals surface area contributed by atoms with E-state index >= 15 is 0 Å². The lowest BCUT2D eigenvalue weighted by molar-refractivity contribution is 0.0953. The maximum atomic E-state index is 12.3. The smallest absolute Gasteiger partial charge is 0.253 e. The zero-order valence-electron chi connectivity index (χ0n) is 12.7. The molecule has 0 aliphatic heterocycles. The Bertz CT molecular complexity index is 629. The van der Waals surface area contributed by atoms with Gasteiger partial charge in [0.25, 0.3) is 5.91 Å². The van der Waals surface area contributed by atoms with Gasteiger partial charge in [-0.3, -0.25) is 9.78 Å². The Balaban J connectivity index is 2.06. The van der Waals surface area contributed by atoms with Crippen LogP contribution in [-0.4, -0.2) is 22.8 Å². The first-order valence-electron chi connectivity index (χ1n) is 7.13. The van der Waals surface area contributed by atoms with Crippen LogP contribution in [0.25, 0.3) is 10.9 Å². The number of fused-ring (bicyclic) bond motifs is 1. The molecule has 0 aliphatic carbocycles. The van der Waals surface area contributed by atoms with Gasteiger partial charge in [-0.15, -0.1) is 11.6 Å². The summed E-state index contributed by atoms with van der Waals surface area (Å²) >= 11 is 6.28. The van der Waals surface area contributed by atoms with Crippen LogP contribution in [0.15, 0.2) is 36.5 Å². The lowest BCUT2D eigenvalue weighted by atomic mass is 9.90. The molecular formula is C17H21ClN2O. The number of rotatable bonds is 4. The highest BCUT2D eigenvalue weighted by molar-refractivity contribution is 6.21. The average Bonchev–Trinajstić information content (AvgIpc) is 2.42. The third kappa shape index (κ3) is 4.43. The molecule has 0 bridgehead atoms. The van der Waals surface area contributed by atoms with Crippen molar-refractivity contribution in [1.82, 2.24) is 10.3 Å². The molecule has 1 aromatic carbocycles. The number of aromatic nitrogens is 1. The Kier molecular flexibility index (Phi) is 4.84. The Morgan fingerprint density at radius 1 is 1.29 bits per heavy atom. The number of hydrogen-bond donors (Lipinski definition) is 1. The number of nitrogens with one attached hydrogen (secondary N) is 1. The van der Waals surface area contributed by atoms with E-state index in [1.165, 1.54) is 0 Å². The molecule has 1 aromatic heterocycles. The average molecular weight is 305 g/mol. The second kappa shape index (κ2) is 6.44. The second-order valence-electron chi connectivity index (χ2n) is 6.45. The Labute approximate surface area is 130 Å². The molecule has 1 heterocycles. The Morgan fingerprint density at radius 2 is 2.00 bits per heavy atom. The maximum Gasteiger partial charge on any atom is 0.253 e. The van der Waals surface area contributed by atoms with Crippen molar-refractivity contribution in [3.63, 3.8) is 0 Å². The summed E-state index contributed by atoms with van der Waals surface area (Å²) < 4.78 is 0. The number of nitrogens with zero attached hydrogens (tertiary/aromatic N) is 1. The minimum absolute atomic E-state index is 0.0723. The summed E-state index contributed by atoms with van der Waals surface area (Å²) in [5.74, 6) is -0.126. The van der Waals surface area contributed by atoms with Crippen LogP contribution in [0.1, 0.15) is 37.6 Å². The van der Waals surface area contributed by atoms with Gasteiger partial charge in [0.2, 0.25) is 0 Å². The van der Waals surface area contributed by atoms with Crippen LogP contribution in [0.2, 0.25) is 0 Å². The number of carbonyl (C=O) groups excluding carboxylic acids is 1. The van der Waals surface area contributed by atoms with Gasteiger partial charge in [0, 0.05) is 18.1 Å². The van der Waals surface area contributed by atoms with Crippen molar-refractivity contribution in [3.05, 3.63) is 42.1 Å². The number of benzene rings is 1. The fourth-order valence-electron chi connectivity index (χ4n) is 2.32. The highest BCUT2D eigenvalue weighted by atomic mass is 35.5. The molecule has 1 N–H and O–H groups in total. The third-order valence-electron chi connectivity index (χ3n) is 3.20. The highest BCUT2D eigenvalue weighted by Gasteiger charge is 2.18. The van der Waals surface area contributed by atoms with E-state index in [1.807, 2.05) is 24.3 Å². The van der Waals surface area contributed by atoms with Gasteiger partial charge in [0.1, 0.15) is 0 Å². The number of pyridine rings is 1. The van der Waals surface area contributed by atoms with Crippen molar-refractivity contribution in [2.75, 3.05) is 6.54 Å². The molecule has 0 spiro atoms. The van der Waals surface area contributed by atoms with Gasteiger partial charge in [-0.25, -0.2) is 0 Å². The number of alkyl halides is 1. The molecular weight excluding hydrogens is 284 g/mol. The first-order valence-corrected chi connectivity index (χ1v) is 7.56. The van der Waals surface area contributed by atoms with E-state index in [0.29, 0.717) is 12.1 Å². The van der Waals surface area contributed by atoms with E-state index in [4.69, 9.17) is 11.6 Å². The molecule has 2 rings (SSSR count). The number of para-hydroxylation sites is 1. The van der Waals surface area contributed by atoms with Crippen molar-refractivity contribution in [1.29, 1.82) is 0 Å². The van der Waals surface area contributed by atoms with Crippen LogP contribution in [0.5, 0.6) is 0 Å². The highest BCUT2D eigenvalue weighted by Crippen LogP contribution is 2.23. The minimum Gasteiger partial charge on any atom is -0.350 e. The summed E-state index contributed by atoms with van der Waals surface area (Å²) in [6.45, 7) is 6.87. The van der Waals surface area contributed by atoms with E-state index in [-0.39, 0.29) is 16.7 Å². The lowest BCUT2D eigenvalue weighted by Gasteiger charge is -2.22. The second-order valence-corrected chi connectivity index (χ2v) is 7.07. The third-order valence-corrected chi connectivity index (χ3v) is 3.50. The molecule has 112 valence electrons. The SMILES string of the molecule is CC(C)(C)CC(Cl)CNC(=O)c1cccc2cccnc12. The Morgan fingerprint density at radius 3 is 2.71 bits per heavy atom. The number of hydrogen-bond acceptors (Lipinski definition) is 2. The van der Waals surface area contributed by atoms with Crippen LogP contribution in [0.4, 0.5) is 0 Å². The topological polar surface area (TPSA) is 42.0 Å². The van der Waals surface area contributed by atoms with E-state index in [0.717, 1.165) is 17.3 Å². The first kappa shape index (κ1) is 15.8. The monoisotopic (exact) mass is 304 g/mol. The zero-order chi connectivity index (χ0) is 15.5. The quantitative estimate of drug-likeness (QED) is 0.867. The van der Waals surface area contributed by atoms with Crippen molar-refractivity contribution >= 4 is 28.4 Å². The van der Waals surface area contributed by atoms with E-state index < -0.39 is 0 Å². The predicted octanol–water partition coefficient (Wildman–Crippen LogP) is 4.01. The van der Waals surface area contributed by atoms with Gasteiger partial charge in [-0.2, -0.15) is 0 Å². The molecule has 4 heteroatoms. The molecule has 21 heavy (non-hydrogen) atoms. The minimum atomic E-state index is -0.126. The van der Waals surface area contributed by atoms with Crippen LogP contribution in [0, 0.1) is 5.41 Å². The summed E-state index contributed by atoms with van der Waals surface area (Å²) in [7, 11) is 0. The van der Waals surface area contributed by atoms with Crippen LogP contribution >= 0.6 is 11.6 Å². The van der Waals surface area contributed by atoms with Crippen LogP contribution in [-0.2, 0) is 0 Å². The molecule has 1 amide bonds. The maximum absolute atomic E-state index is 12.3. The molecule has 0 saturated heterocycles. The number of carbonyl (C=O) groups is 1. The fraction of sp³-hybridized carbons (Fsp3) is 0.412. The predicted molar refractivity (Wildman–Crippen MR) is 87.8 cm³/mol. The summed E-state index contributed by atoms with van der Waals surface area (Å²) in [5, 5.41) is 3.79. The molecule has 0 aliphatic rings. The van der Waals surface area contributed by atoms with Crippen molar-refractivity contribution in [2.24, 2.45) is 5.41 Å². The largest absolute Gasteiger partial charge is 0.350 e. The summed E-state index contributed by atoms with van der Waals surface area (Å²) in [6.07, 6.45) is 2.55. The van der Waals surface area contributed by atoms with Gasteiger partial charge in [0.05, 0.1) is 16.5 Å². The number of amides is 1. The zero-order valence-corrected chi connectivity index (χ0v) is 13.4. The number of halogens is 1. The molecule has 2 aromatic rings. The van der Waals surface area contributed by atoms with Crippen molar-refractivity contribution < 1.29 is 4.79 Å². The van der Waals surface area contributed by atoms with Gasteiger partial charge < -0.3 is 5.32 Å². The van der Waals surface area contributed by atoms with E-state index in [9.17, 15) is 4.79 Å². The Hall–Kier alpha value is -1.61. The summed E-state index contributed by atoms with van der Waals surface area (Å²) in [6, 6.07) is 9.41. The first-order chi connectivity index (χ1) is 9.87. The summed E-state index contributed by atoms with van der Waals surface area (Å²) in [5.41, 5.74) is 1.46.